The lowest BCUT2D eigenvalue weighted by molar-refractivity contribution is -0.132. The highest BCUT2D eigenvalue weighted by molar-refractivity contribution is 6.05. The lowest BCUT2D eigenvalue weighted by Crippen LogP contribution is -2.45. The third kappa shape index (κ3) is 1.98. The van der Waals surface area contributed by atoms with Gasteiger partial charge in [0.15, 0.2) is 0 Å². The lowest BCUT2D eigenvalue weighted by Gasteiger charge is -2.31. The van der Waals surface area contributed by atoms with Crippen molar-refractivity contribution in [3.63, 3.8) is 0 Å². The van der Waals surface area contributed by atoms with E-state index in [0.29, 0.717) is 12.0 Å². The van der Waals surface area contributed by atoms with Crippen molar-refractivity contribution in [2.75, 3.05) is 0 Å². The van der Waals surface area contributed by atoms with Crippen LogP contribution in [0, 0.1) is 0 Å². The van der Waals surface area contributed by atoms with Crippen LogP contribution in [0.4, 0.5) is 0 Å². The van der Waals surface area contributed by atoms with Crippen LogP contribution in [-0.2, 0) is 4.79 Å². The minimum atomic E-state index is -0.169. The van der Waals surface area contributed by atoms with Crippen molar-refractivity contribution >= 4 is 11.8 Å². The van der Waals surface area contributed by atoms with Gasteiger partial charge in [0, 0.05) is 18.0 Å². The maximum atomic E-state index is 12.1. The summed E-state index contributed by atoms with van der Waals surface area (Å²) in [4.78, 5) is 25.3. The van der Waals surface area contributed by atoms with Crippen LogP contribution in [0.5, 0.6) is 0 Å². The standard InChI is InChI=1S/C13H15NO2/c1-10-6-5-9-12(15)14(10)13(16)11-7-3-2-4-8-11/h2-4,7-8,10H,5-6,9H2,1H3. The summed E-state index contributed by atoms with van der Waals surface area (Å²) in [6, 6.07) is 9.00. The minimum Gasteiger partial charge on any atom is -0.276 e. The molecule has 3 nitrogen and oxygen atoms in total. The number of carbonyl (C=O) groups excluding carboxylic acids is 2. The third-order valence-corrected chi connectivity index (χ3v) is 2.96. The van der Waals surface area contributed by atoms with Crippen LogP contribution in [0.3, 0.4) is 0 Å². The molecule has 1 atom stereocenters. The number of hydrogen-bond donors (Lipinski definition) is 0. The Morgan fingerprint density at radius 2 is 2.00 bits per heavy atom. The fourth-order valence-corrected chi connectivity index (χ4v) is 2.08. The molecular weight excluding hydrogens is 202 g/mol. The van der Waals surface area contributed by atoms with Crippen LogP contribution < -0.4 is 0 Å². The first-order valence-corrected chi connectivity index (χ1v) is 5.61. The zero-order valence-electron chi connectivity index (χ0n) is 9.35. The summed E-state index contributed by atoms with van der Waals surface area (Å²) in [5, 5.41) is 0. The second-order valence-electron chi connectivity index (χ2n) is 4.18. The molecule has 2 rings (SSSR count). The molecule has 0 radical (unpaired) electrons. The number of nitrogens with zero attached hydrogens (tertiary/aromatic N) is 1. The van der Waals surface area contributed by atoms with Crippen molar-refractivity contribution in [2.45, 2.75) is 32.2 Å². The van der Waals surface area contributed by atoms with Crippen molar-refractivity contribution < 1.29 is 9.59 Å². The van der Waals surface area contributed by atoms with Crippen molar-refractivity contribution in [1.29, 1.82) is 0 Å². The molecule has 0 N–H and O–H groups in total. The fourth-order valence-electron chi connectivity index (χ4n) is 2.08. The van der Waals surface area contributed by atoms with Crippen molar-refractivity contribution in [3.8, 4) is 0 Å². The molecule has 0 aromatic heterocycles. The first kappa shape index (κ1) is 10.9. The van der Waals surface area contributed by atoms with Gasteiger partial charge in [0.2, 0.25) is 5.91 Å². The highest BCUT2D eigenvalue weighted by atomic mass is 16.2. The summed E-state index contributed by atoms with van der Waals surface area (Å²) in [6.07, 6.45) is 2.28. The van der Waals surface area contributed by atoms with Gasteiger partial charge in [0.1, 0.15) is 0 Å². The highest BCUT2D eigenvalue weighted by Gasteiger charge is 2.30. The SMILES string of the molecule is CC1CCCC(=O)N1C(=O)c1ccccc1. The fraction of sp³-hybridized carbons (Fsp3) is 0.385. The molecule has 0 saturated carbocycles. The number of hydrogen-bond acceptors (Lipinski definition) is 2. The molecule has 1 heterocycles. The predicted molar refractivity (Wildman–Crippen MR) is 60.9 cm³/mol. The Balaban J connectivity index is 2.23. The Bertz CT molecular complexity index is 400. The van der Waals surface area contributed by atoms with Crippen molar-refractivity contribution in [1.82, 2.24) is 4.90 Å². The molecular formula is C13H15NO2. The monoisotopic (exact) mass is 217 g/mol. The van der Waals surface area contributed by atoms with Gasteiger partial charge in [-0.1, -0.05) is 18.2 Å². The van der Waals surface area contributed by atoms with Gasteiger partial charge in [-0.2, -0.15) is 0 Å². The summed E-state index contributed by atoms with van der Waals surface area (Å²) in [5.74, 6) is -0.217. The zero-order chi connectivity index (χ0) is 11.5. The number of amides is 2. The number of piperidine rings is 1. The van der Waals surface area contributed by atoms with Gasteiger partial charge in [0.25, 0.3) is 5.91 Å². The van der Waals surface area contributed by atoms with Crippen LogP contribution in [0.15, 0.2) is 30.3 Å². The number of likely N-dealkylation sites (tertiary alicyclic amines) is 1. The topological polar surface area (TPSA) is 37.4 Å². The molecule has 1 saturated heterocycles. The second-order valence-corrected chi connectivity index (χ2v) is 4.18. The molecule has 2 amide bonds. The van der Waals surface area contributed by atoms with Gasteiger partial charge in [0.05, 0.1) is 0 Å². The van der Waals surface area contributed by atoms with Gasteiger partial charge in [-0.25, -0.2) is 0 Å². The van der Waals surface area contributed by atoms with E-state index in [1.807, 2.05) is 25.1 Å². The molecule has 3 heteroatoms. The summed E-state index contributed by atoms with van der Waals surface area (Å²) in [6.45, 7) is 1.93. The van der Waals surface area contributed by atoms with Crippen molar-refractivity contribution in [3.05, 3.63) is 35.9 Å². The molecule has 0 aliphatic carbocycles. The van der Waals surface area contributed by atoms with E-state index in [2.05, 4.69) is 0 Å². The van der Waals surface area contributed by atoms with E-state index >= 15 is 0 Å². The zero-order valence-corrected chi connectivity index (χ0v) is 9.35. The van der Waals surface area contributed by atoms with E-state index in [-0.39, 0.29) is 17.9 Å². The summed E-state index contributed by atoms with van der Waals surface area (Å²) in [5.41, 5.74) is 0.588. The number of benzene rings is 1. The normalized spacial score (nSPS) is 20.9. The van der Waals surface area contributed by atoms with Crippen LogP contribution in [0.2, 0.25) is 0 Å². The maximum Gasteiger partial charge on any atom is 0.260 e. The Labute approximate surface area is 95.1 Å². The van der Waals surface area contributed by atoms with Gasteiger partial charge >= 0.3 is 0 Å². The molecule has 0 spiro atoms. The molecule has 1 unspecified atom stereocenters. The molecule has 1 aliphatic rings. The van der Waals surface area contributed by atoms with Crippen molar-refractivity contribution in [2.24, 2.45) is 0 Å². The van der Waals surface area contributed by atoms with E-state index in [1.54, 1.807) is 12.1 Å². The molecule has 1 aliphatic heterocycles. The Morgan fingerprint density at radius 3 is 2.62 bits per heavy atom. The molecule has 16 heavy (non-hydrogen) atoms. The van der Waals surface area contributed by atoms with Crippen LogP contribution in [-0.4, -0.2) is 22.8 Å². The van der Waals surface area contributed by atoms with Gasteiger partial charge in [-0.15, -0.1) is 0 Å². The molecule has 1 fully saturated rings. The molecule has 1 aromatic rings. The predicted octanol–water partition coefficient (Wildman–Crippen LogP) is 2.23. The minimum absolute atomic E-state index is 0.0222. The van der Waals surface area contributed by atoms with Crippen LogP contribution in [0.1, 0.15) is 36.5 Å². The Hall–Kier alpha value is -1.64. The average Bonchev–Trinajstić information content (AvgIpc) is 2.30. The number of imide groups is 1. The van der Waals surface area contributed by atoms with E-state index in [9.17, 15) is 9.59 Å². The average molecular weight is 217 g/mol. The van der Waals surface area contributed by atoms with E-state index in [4.69, 9.17) is 0 Å². The van der Waals surface area contributed by atoms with E-state index in [0.717, 1.165) is 12.8 Å². The maximum absolute atomic E-state index is 12.1. The largest absolute Gasteiger partial charge is 0.276 e. The first-order chi connectivity index (χ1) is 7.70. The smallest absolute Gasteiger partial charge is 0.260 e. The number of carbonyl (C=O) groups is 2. The lowest BCUT2D eigenvalue weighted by atomic mass is 10.0. The van der Waals surface area contributed by atoms with E-state index in [1.165, 1.54) is 4.90 Å². The molecule has 0 bridgehead atoms. The van der Waals surface area contributed by atoms with Crippen LogP contribution in [0.25, 0.3) is 0 Å². The quantitative estimate of drug-likeness (QED) is 0.676. The summed E-state index contributed by atoms with van der Waals surface area (Å²) in [7, 11) is 0. The van der Waals surface area contributed by atoms with Gasteiger partial charge < -0.3 is 0 Å². The Morgan fingerprint density at radius 1 is 1.31 bits per heavy atom. The summed E-state index contributed by atoms with van der Waals surface area (Å²) >= 11 is 0. The Kier molecular flexibility index (Phi) is 3.04. The van der Waals surface area contributed by atoms with E-state index < -0.39 is 0 Å². The third-order valence-electron chi connectivity index (χ3n) is 2.96. The summed E-state index contributed by atoms with van der Waals surface area (Å²) < 4.78 is 0. The number of rotatable bonds is 1. The van der Waals surface area contributed by atoms with Gasteiger partial charge in [-0.3, -0.25) is 14.5 Å². The highest BCUT2D eigenvalue weighted by Crippen LogP contribution is 2.20. The second kappa shape index (κ2) is 4.47. The molecule has 1 aromatic carbocycles. The van der Waals surface area contributed by atoms with Crippen LogP contribution >= 0.6 is 0 Å². The first-order valence-electron chi connectivity index (χ1n) is 5.61. The molecule has 84 valence electrons. The van der Waals surface area contributed by atoms with Gasteiger partial charge in [-0.05, 0) is 31.9 Å².